The van der Waals surface area contributed by atoms with Crippen molar-refractivity contribution in [2.45, 2.75) is 12.7 Å². The van der Waals surface area contributed by atoms with Crippen LogP contribution >= 0.6 is 11.6 Å². The van der Waals surface area contributed by atoms with E-state index in [1.165, 1.54) is 12.1 Å². The Balaban J connectivity index is 2.19. The fourth-order valence-corrected chi connectivity index (χ4v) is 2.83. The van der Waals surface area contributed by atoms with Gasteiger partial charge < -0.3 is 10.3 Å². The third-order valence-corrected chi connectivity index (χ3v) is 3.81. The number of halogens is 1. The summed E-state index contributed by atoms with van der Waals surface area (Å²) < 4.78 is 31.1. The molecule has 0 unspecified atom stereocenters. The van der Waals surface area contributed by atoms with Gasteiger partial charge in [-0.05, 0) is 25.1 Å². The Morgan fingerprint density at radius 2 is 2.16 bits per heavy atom. The number of nitrogens with zero attached hydrogens (tertiary/aromatic N) is 1. The number of nitrogen functional groups attached to an aromatic ring is 1. The summed E-state index contributed by atoms with van der Waals surface area (Å²) in [4.78, 5) is 0. The Bertz CT molecular complexity index is 697. The number of benzene rings is 1. The van der Waals surface area contributed by atoms with Crippen molar-refractivity contribution < 1.29 is 12.9 Å². The maximum atomic E-state index is 11.9. The number of nitrogens with one attached hydrogen (secondary N) is 1. The van der Waals surface area contributed by atoms with Crippen molar-refractivity contribution in [3.63, 3.8) is 0 Å². The molecule has 0 aliphatic heterocycles. The molecule has 3 N–H and O–H groups in total. The van der Waals surface area contributed by atoms with Crippen LogP contribution in [0.25, 0.3) is 0 Å². The summed E-state index contributed by atoms with van der Waals surface area (Å²) in [7, 11) is -3.63. The number of sulfonamides is 1. The fourth-order valence-electron chi connectivity index (χ4n) is 1.51. The van der Waals surface area contributed by atoms with E-state index in [1.54, 1.807) is 19.1 Å². The number of rotatable bonds is 4. The van der Waals surface area contributed by atoms with E-state index in [1.807, 2.05) is 0 Å². The van der Waals surface area contributed by atoms with Gasteiger partial charge in [0, 0.05) is 11.8 Å². The first-order valence-electron chi connectivity index (χ1n) is 5.33. The maximum Gasteiger partial charge on any atom is 0.238 e. The molecular formula is C11H12ClN3O3S. The first-order chi connectivity index (χ1) is 8.85. The maximum absolute atomic E-state index is 11.9. The highest BCUT2D eigenvalue weighted by molar-refractivity contribution is 7.91. The number of anilines is 2. The van der Waals surface area contributed by atoms with Crippen molar-refractivity contribution in [2.75, 3.05) is 10.5 Å². The molecule has 102 valence electrons. The van der Waals surface area contributed by atoms with Gasteiger partial charge in [-0.2, -0.15) is 0 Å². The SMILES string of the molecule is Cc1cc(CS(=O)(=O)Nc2cc(N)ccc2Cl)no1. The van der Waals surface area contributed by atoms with E-state index in [4.69, 9.17) is 21.9 Å². The Labute approximate surface area is 115 Å². The predicted octanol–water partition coefficient (Wildman–Crippen LogP) is 2.16. The highest BCUT2D eigenvalue weighted by Gasteiger charge is 2.16. The number of hydrogen-bond donors (Lipinski definition) is 2. The van der Waals surface area contributed by atoms with Crippen LogP contribution in [0.1, 0.15) is 11.5 Å². The molecule has 2 rings (SSSR count). The molecule has 0 aliphatic carbocycles. The van der Waals surface area contributed by atoms with Gasteiger partial charge in [-0.15, -0.1) is 0 Å². The summed E-state index contributed by atoms with van der Waals surface area (Å²) in [5, 5.41) is 3.90. The van der Waals surface area contributed by atoms with Crippen LogP contribution in [-0.4, -0.2) is 13.6 Å². The summed E-state index contributed by atoms with van der Waals surface area (Å²) in [6.07, 6.45) is 0. The number of nitrogens with two attached hydrogens (primary N) is 1. The van der Waals surface area contributed by atoms with Crippen LogP contribution in [0.2, 0.25) is 5.02 Å². The van der Waals surface area contributed by atoms with E-state index < -0.39 is 10.0 Å². The quantitative estimate of drug-likeness (QED) is 0.843. The van der Waals surface area contributed by atoms with E-state index in [0.717, 1.165) is 0 Å². The highest BCUT2D eigenvalue weighted by atomic mass is 35.5. The summed E-state index contributed by atoms with van der Waals surface area (Å²) in [6.45, 7) is 1.69. The van der Waals surface area contributed by atoms with E-state index in [-0.39, 0.29) is 16.5 Å². The number of aromatic nitrogens is 1. The Morgan fingerprint density at radius 3 is 2.79 bits per heavy atom. The van der Waals surface area contributed by atoms with Crippen LogP contribution in [0.5, 0.6) is 0 Å². The molecule has 1 aromatic carbocycles. The first-order valence-corrected chi connectivity index (χ1v) is 7.36. The molecule has 0 amide bonds. The normalized spacial score (nSPS) is 11.5. The van der Waals surface area contributed by atoms with Crippen molar-refractivity contribution in [1.29, 1.82) is 0 Å². The Morgan fingerprint density at radius 1 is 1.42 bits per heavy atom. The van der Waals surface area contributed by atoms with Gasteiger partial charge in [-0.1, -0.05) is 16.8 Å². The van der Waals surface area contributed by atoms with Gasteiger partial charge in [0.1, 0.15) is 17.2 Å². The van der Waals surface area contributed by atoms with Crippen LogP contribution in [0, 0.1) is 6.92 Å². The summed E-state index contributed by atoms with van der Waals surface area (Å²) in [6, 6.07) is 6.12. The van der Waals surface area contributed by atoms with Gasteiger partial charge in [-0.3, -0.25) is 4.72 Å². The van der Waals surface area contributed by atoms with E-state index in [9.17, 15) is 8.42 Å². The second-order valence-electron chi connectivity index (χ2n) is 4.03. The van der Waals surface area contributed by atoms with Crippen molar-refractivity contribution in [2.24, 2.45) is 0 Å². The minimum absolute atomic E-state index is 0.238. The lowest BCUT2D eigenvalue weighted by Gasteiger charge is -2.09. The van der Waals surface area contributed by atoms with Crippen LogP contribution in [0.3, 0.4) is 0 Å². The molecule has 0 saturated carbocycles. The predicted molar refractivity (Wildman–Crippen MR) is 73.4 cm³/mol. The highest BCUT2D eigenvalue weighted by Crippen LogP contribution is 2.25. The average Bonchev–Trinajstić information content (AvgIpc) is 2.68. The van der Waals surface area contributed by atoms with Crippen molar-refractivity contribution >= 4 is 33.0 Å². The lowest BCUT2D eigenvalue weighted by Crippen LogP contribution is -2.15. The molecule has 0 spiro atoms. The molecule has 8 heteroatoms. The van der Waals surface area contributed by atoms with Gasteiger partial charge >= 0.3 is 0 Å². The van der Waals surface area contributed by atoms with E-state index >= 15 is 0 Å². The lowest BCUT2D eigenvalue weighted by atomic mass is 10.3. The smallest absolute Gasteiger partial charge is 0.238 e. The second kappa shape index (κ2) is 5.10. The summed E-state index contributed by atoms with van der Waals surface area (Å²) >= 11 is 5.89. The first kappa shape index (κ1) is 13.7. The molecule has 0 saturated heterocycles. The van der Waals surface area contributed by atoms with Crippen molar-refractivity contribution in [3.8, 4) is 0 Å². The minimum atomic E-state index is -3.63. The minimum Gasteiger partial charge on any atom is -0.399 e. The molecule has 0 bridgehead atoms. The third-order valence-electron chi connectivity index (χ3n) is 2.27. The molecule has 1 heterocycles. The zero-order valence-corrected chi connectivity index (χ0v) is 11.6. The standard InChI is InChI=1S/C11H12ClN3O3S/c1-7-4-9(14-18-7)6-19(16,17)15-11-5-8(13)2-3-10(11)12/h2-5,15H,6,13H2,1H3. The van der Waals surface area contributed by atoms with Gasteiger partial charge in [-0.25, -0.2) is 8.42 Å². The monoisotopic (exact) mass is 301 g/mol. The molecule has 2 aromatic rings. The molecule has 6 nitrogen and oxygen atoms in total. The molecule has 0 radical (unpaired) electrons. The largest absolute Gasteiger partial charge is 0.399 e. The fraction of sp³-hybridized carbons (Fsp3) is 0.182. The van der Waals surface area contributed by atoms with Gasteiger partial charge in [0.15, 0.2) is 0 Å². The van der Waals surface area contributed by atoms with Crippen molar-refractivity contribution in [1.82, 2.24) is 5.16 Å². The Kier molecular flexibility index (Phi) is 3.68. The van der Waals surface area contributed by atoms with Crippen LogP contribution in [-0.2, 0) is 15.8 Å². The van der Waals surface area contributed by atoms with Crippen LogP contribution in [0.15, 0.2) is 28.8 Å². The number of aryl methyl sites for hydroxylation is 1. The van der Waals surface area contributed by atoms with Gasteiger partial charge in [0.05, 0.1) is 10.7 Å². The molecule has 0 aliphatic rings. The molecule has 1 aromatic heterocycles. The zero-order valence-electron chi connectivity index (χ0n) is 10.1. The topological polar surface area (TPSA) is 98.2 Å². The second-order valence-corrected chi connectivity index (χ2v) is 6.16. The number of hydrogen-bond acceptors (Lipinski definition) is 5. The molecule has 19 heavy (non-hydrogen) atoms. The van der Waals surface area contributed by atoms with Crippen molar-refractivity contribution in [3.05, 3.63) is 40.7 Å². The zero-order chi connectivity index (χ0) is 14.0. The van der Waals surface area contributed by atoms with E-state index in [0.29, 0.717) is 17.1 Å². The van der Waals surface area contributed by atoms with Gasteiger partial charge in [0.25, 0.3) is 0 Å². The third kappa shape index (κ3) is 3.62. The van der Waals surface area contributed by atoms with Crippen LogP contribution in [0.4, 0.5) is 11.4 Å². The molecule has 0 fully saturated rings. The molecule has 0 atom stereocenters. The Hall–Kier alpha value is -1.73. The van der Waals surface area contributed by atoms with Gasteiger partial charge in [0.2, 0.25) is 10.0 Å². The van der Waals surface area contributed by atoms with E-state index in [2.05, 4.69) is 9.88 Å². The molecular weight excluding hydrogens is 290 g/mol. The average molecular weight is 302 g/mol. The lowest BCUT2D eigenvalue weighted by molar-refractivity contribution is 0.392. The van der Waals surface area contributed by atoms with Crippen LogP contribution < -0.4 is 10.5 Å². The summed E-state index contributed by atoms with van der Waals surface area (Å²) in [5.74, 6) is 0.252. The summed E-state index contributed by atoms with van der Waals surface area (Å²) in [5.41, 5.74) is 6.56.